The predicted octanol–water partition coefficient (Wildman–Crippen LogP) is 1.90. The Morgan fingerprint density at radius 1 is 1.33 bits per heavy atom. The number of aromatic nitrogens is 2. The number of halogens is 1. The Labute approximate surface area is 223 Å². The summed E-state index contributed by atoms with van der Waals surface area (Å²) in [5, 5.41) is 14.5. The quantitative estimate of drug-likeness (QED) is 0.228. The highest BCUT2D eigenvalue weighted by molar-refractivity contribution is 5.89. The van der Waals surface area contributed by atoms with Gasteiger partial charge in [0.25, 0.3) is 5.56 Å². The van der Waals surface area contributed by atoms with Crippen LogP contribution >= 0.6 is 0 Å². The smallest absolute Gasteiger partial charge is 0.343 e. The van der Waals surface area contributed by atoms with E-state index in [2.05, 4.69) is 5.32 Å². The summed E-state index contributed by atoms with van der Waals surface area (Å²) in [7, 11) is 0. The number of esters is 1. The van der Waals surface area contributed by atoms with Crippen LogP contribution < -0.4 is 16.6 Å². The maximum absolute atomic E-state index is 14.6. The summed E-state index contributed by atoms with van der Waals surface area (Å²) in [6.07, 6.45) is 0.950. The van der Waals surface area contributed by atoms with Crippen LogP contribution in [0.4, 0.5) is 4.39 Å². The van der Waals surface area contributed by atoms with E-state index in [0.29, 0.717) is 35.3 Å². The summed E-state index contributed by atoms with van der Waals surface area (Å²) in [5.74, 6) is -1.50. The van der Waals surface area contributed by atoms with E-state index in [9.17, 15) is 23.9 Å². The molecule has 0 spiro atoms. The standard InChI is InChI=1S/C28H31FN4O6/c1-4-28(37)20-8-23-25-18(11-33(23)26(35)19(20)12-38-27(28)36)16(6-5-15(3)39-13-31-24(34)10-30)17-7-14(2)21(29)9-22(17)32-25/h7-9,15,37H,4-6,10-13,30H2,1-3H3,(H,31,34)/t15-,28+/m1/s1. The molecule has 3 aromatic rings. The number of hydrogen-bond acceptors (Lipinski definition) is 8. The van der Waals surface area contributed by atoms with E-state index in [0.717, 1.165) is 16.5 Å². The molecule has 0 saturated carbocycles. The first kappa shape index (κ1) is 26.9. The number of nitrogens with two attached hydrogens (primary N) is 1. The highest BCUT2D eigenvalue weighted by atomic mass is 19.1. The fraction of sp³-hybridized carbons (Fsp3) is 0.429. The number of carbonyl (C=O) groups is 2. The number of amides is 1. The van der Waals surface area contributed by atoms with Crippen molar-refractivity contribution in [3.8, 4) is 11.4 Å². The Morgan fingerprint density at radius 2 is 2.10 bits per heavy atom. The predicted molar refractivity (Wildman–Crippen MR) is 140 cm³/mol. The summed E-state index contributed by atoms with van der Waals surface area (Å²) in [6, 6.07) is 4.79. The third kappa shape index (κ3) is 4.50. The zero-order valence-electron chi connectivity index (χ0n) is 22.1. The van der Waals surface area contributed by atoms with Crippen molar-refractivity contribution >= 4 is 22.8 Å². The Bertz CT molecular complexity index is 1570. The van der Waals surface area contributed by atoms with Gasteiger partial charge in [-0.15, -0.1) is 0 Å². The molecule has 2 aliphatic rings. The number of aryl methyl sites for hydroxylation is 2. The minimum absolute atomic E-state index is 0.0320. The second kappa shape index (κ2) is 10.1. The SMILES string of the molecule is CC[C@@]1(O)C(=O)OCc2c1cc1n(c2=O)Cc2c-1nc1cc(F)c(C)cc1c2CC[C@@H](C)OCNC(=O)CN. The van der Waals surface area contributed by atoms with Crippen molar-refractivity contribution in [2.24, 2.45) is 5.73 Å². The molecule has 0 radical (unpaired) electrons. The van der Waals surface area contributed by atoms with Crippen molar-refractivity contribution < 1.29 is 28.6 Å². The molecule has 11 heteroatoms. The second-order valence-electron chi connectivity index (χ2n) is 10.1. The summed E-state index contributed by atoms with van der Waals surface area (Å²) < 4.78 is 27.0. The van der Waals surface area contributed by atoms with Crippen molar-refractivity contribution in [1.82, 2.24) is 14.9 Å². The summed E-state index contributed by atoms with van der Waals surface area (Å²) in [4.78, 5) is 42.2. The summed E-state index contributed by atoms with van der Waals surface area (Å²) in [5.41, 5.74) is 7.13. The Balaban J connectivity index is 1.59. The first-order valence-corrected chi connectivity index (χ1v) is 13.0. The van der Waals surface area contributed by atoms with Crippen molar-refractivity contribution in [3.63, 3.8) is 0 Å². The number of cyclic esters (lactones) is 1. The Hall–Kier alpha value is -3.67. The number of pyridine rings is 2. The number of fused-ring (bicyclic) bond motifs is 5. The number of aliphatic hydroxyl groups is 1. The molecule has 0 bridgehead atoms. The maximum Gasteiger partial charge on any atom is 0.343 e. The van der Waals surface area contributed by atoms with Gasteiger partial charge in [0.2, 0.25) is 5.91 Å². The van der Waals surface area contributed by atoms with Crippen LogP contribution in [-0.4, -0.2) is 45.9 Å². The molecule has 39 heavy (non-hydrogen) atoms. The number of carbonyl (C=O) groups excluding carboxylic acids is 2. The van der Waals surface area contributed by atoms with Crippen LogP contribution in [0.15, 0.2) is 23.0 Å². The number of ether oxygens (including phenoxy) is 2. The van der Waals surface area contributed by atoms with Crippen molar-refractivity contribution in [3.05, 3.63) is 62.2 Å². The number of rotatable bonds is 8. The van der Waals surface area contributed by atoms with Gasteiger partial charge in [0.15, 0.2) is 5.60 Å². The van der Waals surface area contributed by atoms with Crippen molar-refractivity contribution in [2.75, 3.05) is 13.3 Å². The van der Waals surface area contributed by atoms with Gasteiger partial charge in [-0.05, 0) is 56.4 Å². The molecule has 2 atom stereocenters. The van der Waals surface area contributed by atoms with Crippen LogP contribution in [0, 0.1) is 12.7 Å². The third-order valence-corrected chi connectivity index (χ3v) is 7.71. The zero-order valence-corrected chi connectivity index (χ0v) is 22.1. The molecule has 1 aromatic carbocycles. The number of nitrogens with one attached hydrogen (secondary N) is 1. The number of nitrogens with zero attached hydrogens (tertiary/aromatic N) is 2. The highest BCUT2D eigenvalue weighted by Gasteiger charge is 2.45. The molecule has 10 nitrogen and oxygen atoms in total. The molecule has 0 saturated heterocycles. The van der Waals surface area contributed by atoms with E-state index in [4.69, 9.17) is 20.2 Å². The van der Waals surface area contributed by atoms with Crippen LogP contribution in [0.1, 0.15) is 54.5 Å². The largest absolute Gasteiger partial charge is 0.458 e. The van der Waals surface area contributed by atoms with E-state index in [1.54, 1.807) is 30.5 Å². The molecular weight excluding hydrogens is 507 g/mol. The molecule has 0 fully saturated rings. The molecule has 0 unspecified atom stereocenters. The van der Waals surface area contributed by atoms with Crippen molar-refractivity contribution in [2.45, 2.75) is 64.9 Å². The van der Waals surface area contributed by atoms with Gasteiger partial charge in [0.1, 0.15) is 19.2 Å². The molecule has 0 aliphatic carbocycles. The lowest BCUT2D eigenvalue weighted by Gasteiger charge is -2.31. The fourth-order valence-corrected chi connectivity index (χ4v) is 5.34. The van der Waals surface area contributed by atoms with Crippen LogP contribution in [0.5, 0.6) is 0 Å². The van der Waals surface area contributed by atoms with Gasteiger partial charge in [-0.1, -0.05) is 6.92 Å². The van der Waals surface area contributed by atoms with E-state index in [1.807, 2.05) is 6.92 Å². The normalized spacial score (nSPS) is 18.4. The number of benzene rings is 1. The minimum Gasteiger partial charge on any atom is -0.458 e. The van der Waals surface area contributed by atoms with Gasteiger partial charge >= 0.3 is 5.97 Å². The molecule has 2 aromatic heterocycles. The molecular formula is C28H31FN4O6. The van der Waals surface area contributed by atoms with E-state index >= 15 is 0 Å². The number of hydrogen-bond donors (Lipinski definition) is 3. The third-order valence-electron chi connectivity index (χ3n) is 7.71. The Morgan fingerprint density at radius 3 is 2.82 bits per heavy atom. The first-order valence-electron chi connectivity index (χ1n) is 13.0. The average Bonchev–Trinajstić information content (AvgIpc) is 3.28. The molecule has 4 heterocycles. The van der Waals surface area contributed by atoms with E-state index < -0.39 is 17.4 Å². The van der Waals surface area contributed by atoms with Crippen LogP contribution in [0.3, 0.4) is 0 Å². The summed E-state index contributed by atoms with van der Waals surface area (Å²) in [6.45, 7) is 5.16. The lowest BCUT2D eigenvalue weighted by molar-refractivity contribution is -0.172. The van der Waals surface area contributed by atoms with Gasteiger partial charge in [-0.25, -0.2) is 14.2 Å². The van der Waals surface area contributed by atoms with E-state index in [1.165, 1.54) is 6.07 Å². The average molecular weight is 539 g/mol. The molecule has 5 rings (SSSR count). The summed E-state index contributed by atoms with van der Waals surface area (Å²) >= 11 is 0. The van der Waals surface area contributed by atoms with Crippen molar-refractivity contribution in [1.29, 1.82) is 0 Å². The topological polar surface area (TPSA) is 146 Å². The zero-order chi connectivity index (χ0) is 28.1. The second-order valence-corrected chi connectivity index (χ2v) is 10.1. The minimum atomic E-state index is -1.93. The van der Waals surface area contributed by atoms with Gasteiger partial charge < -0.3 is 30.2 Å². The monoisotopic (exact) mass is 538 g/mol. The maximum atomic E-state index is 14.6. The molecule has 206 valence electrons. The van der Waals surface area contributed by atoms with Gasteiger partial charge in [0.05, 0.1) is 41.7 Å². The Kier molecular flexibility index (Phi) is 7.00. The molecule has 1 amide bonds. The molecule has 2 aliphatic heterocycles. The van der Waals surface area contributed by atoms with Crippen LogP contribution in [0.2, 0.25) is 0 Å². The lowest BCUT2D eigenvalue weighted by Crippen LogP contribution is -2.44. The van der Waals surface area contributed by atoms with Gasteiger partial charge in [-0.2, -0.15) is 0 Å². The fourth-order valence-electron chi connectivity index (χ4n) is 5.34. The highest BCUT2D eigenvalue weighted by Crippen LogP contribution is 2.40. The first-order chi connectivity index (χ1) is 18.6. The lowest BCUT2D eigenvalue weighted by atomic mass is 9.86. The van der Waals surface area contributed by atoms with Gasteiger partial charge in [0, 0.05) is 22.6 Å². The molecule has 4 N–H and O–H groups in total. The van der Waals surface area contributed by atoms with E-state index in [-0.39, 0.29) is 61.5 Å². The van der Waals surface area contributed by atoms with Crippen LogP contribution in [-0.2, 0) is 44.2 Å². The van der Waals surface area contributed by atoms with Crippen LogP contribution in [0.25, 0.3) is 22.3 Å². The van der Waals surface area contributed by atoms with Gasteiger partial charge in [-0.3, -0.25) is 9.59 Å².